The summed E-state index contributed by atoms with van der Waals surface area (Å²) < 4.78 is 16.7. The van der Waals surface area contributed by atoms with Crippen molar-refractivity contribution in [1.82, 2.24) is 5.32 Å². The molecule has 2 aromatic carbocycles. The van der Waals surface area contributed by atoms with Crippen molar-refractivity contribution in [3.63, 3.8) is 0 Å². The van der Waals surface area contributed by atoms with Crippen molar-refractivity contribution in [2.75, 3.05) is 13.7 Å². The Morgan fingerprint density at radius 3 is 2.43 bits per heavy atom. The zero-order valence-corrected chi connectivity index (χ0v) is 15.8. The summed E-state index contributed by atoms with van der Waals surface area (Å²) in [5.74, 6) is 1.96. The number of amides is 1. The monoisotopic (exact) mass is 377 g/mol. The highest BCUT2D eigenvalue weighted by molar-refractivity contribution is 5.91. The number of hydrogen-bond donors (Lipinski definition) is 1. The van der Waals surface area contributed by atoms with Gasteiger partial charge in [0, 0.05) is 12.0 Å². The van der Waals surface area contributed by atoms with Crippen LogP contribution in [-0.2, 0) is 12.0 Å². The molecule has 0 spiro atoms. The van der Waals surface area contributed by atoms with Gasteiger partial charge in [0.1, 0.15) is 12.4 Å². The minimum atomic E-state index is -0.203. The minimum absolute atomic E-state index is 0.0688. The molecule has 1 N–H and O–H groups in total. The van der Waals surface area contributed by atoms with Crippen LogP contribution in [-0.4, -0.2) is 19.6 Å². The van der Waals surface area contributed by atoms with E-state index in [1.807, 2.05) is 42.5 Å². The zero-order chi connectivity index (χ0) is 19.4. The van der Waals surface area contributed by atoms with E-state index < -0.39 is 0 Å². The fourth-order valence-electron chi connectivity index (χ4n) is 3.31. The summed E-state index contributed by atoms with van der Waals surface area (Å²) in [4.78, 5) is 12.5. The van der Waals surface area contributed by atoms with Crippen molar-refractivity contribution >= 4 is 5.91 Å². The molecule has 1 saturated carbocycles. The summed E-state index contributed by atoms with van der Waals surface area (Å²) in [6.07, 6.45) is 2.18. The van der Waals surface area contributed by atoms with Crippen LogP contribution in [0, 0.1) is 0 Å². The molecule has 0 saturated heterocycles. The number of nitrogens with one attached hydrogen (secondary N) is 1. The second-order valence-corrected chi connectivity index (χ2v) is 7.03. The molecule has 1 aliphatic carbocycles. The van der Waals surface area contributed by atoms with Gasteiger partial charge in [-0.1, -0.05) is 42.5 Å². The third-order valence-electron chi connectivity index (χ3n) is 5.15. The van der Waals surface area contributed by atoms with Gasteiger partial charge in [0.05, 0.1) is 7.11 Å². The molecule has 4 rings (SSSR count). The summed E-state index contributed by atoms with van der Waals surface area (Å²) in [5, 5.41) is 3.01. The molecule has 1 amide bonds. The second kappa shape index (κ2) is 7.80. The van der Waals surface area contributed by atoms with Gasteiger partial charge in [-0.3, -0.25) is 4.79 Å². The first-order chi connectivity index (χ1) is 13.7. The number of ether oxygens (including phenoxy) is 2. The standard InChI is InChI=1S/C23H23NO4/c1-26-19-9-5-6-10-20(19)27-15-18-11-12-21(28-18)22(25)24-16-23(13-14-23)17-7-3-2-4-8-17/h2-12H,13-16H2,1H3,(H,24,25). The first-order valence-electron chi connectivity index (χ1n) is 9.38. The highest BCUT2D eigenvalue weighted by Crippen LogP contribution is 2.47. The fourth-order valence-corrected chi connectivity index (χ4v) is 3.31. The first-order valence-corrected chi connectivity index (χ1v) is 9.38. The van der Waals surface area contributed by atoms with Gasteiger partial charge in [-0.2, -0.15) is 0 Å². The summed E-state index contributed by atoms with van der Waals surface area (Å²) in [7, 11) is 1.60. The third-order valence-corrected chi connectivity index (χ3v) is 5.15. The Morgan fingerprint density at radius 1 is 1.00 bits per heavy atom. The molecule has 5 heteroatoms. The van der Waals surface area contributed by atoms with E-state index in [0.29, 0.717) is 29.6 Å². The van der Waals surface area contributed by atoms with E-state index in [1.54, 1.807) is 19.2 Å². The van der Waals surface area contributed by atoms with Gasteiger partial charge < -0.3 is 19.2 Å². The van der Waals surface area contributed by atoms with Crippen molar-refractivity contribution in [2.45, 2.75) is 24.9 Å². The maximum Gasteiger partial charge on any atom is 0.287 e. The van der Waals surface area contributed by atoms with E-state index in [4.69, 9.17) is 13.9 Å². The van der Waals surface area contributed by atoms with Crippen LogP contribution >= 0.6 is 0 Å². The number of benzene rings is 2. The van der Waals surface area contributed by atoms with Gasteiger partial charge in [-0.25, -0.2) is 0 Å². The fraction of sp³-hybridized carbons (Fsp3) is 0.261. The average molecular weight is 377 g/mol. The number of rotatable bonds is 8. The van der Waals surface area contributed by atoms with Gasteiger partial charge in [0.25, 0.3) is 5.91 Å². The number of hydrogen-bond acceptors (Lipinski definition) is 4. The molecule has 28 heavy (non-hydrogen) atoms. The van der Waals surface area contributed by atoms with Crippen LogP contribution in [0.2, 0.25) is 0 Å². The molecular formula is C23H23NO4. The van der Waals surface area contributed by atoms with E-state index in [9.17, 15) is 4.79 Å². The lowest BCUT2D eigenvalue weighted by atomic mass is 9.96. The van der Waals surface area contributed by atoms with Crippen LogP contribution in [0.15, 0.2) is 71.1 Å². The van der Waals surface area contributed by atoms with Gasteiger partial charge in [-0.05, 0) is 42.7 Å². The number of para-hydroxylation sites is 2. The maximum atomic E-state index is 12.5. The molecule has 1 aromatic heterocycles. The highest BCUT2D eigenvalue weighted by atomic mass is 16.5. The predicted octanol–water partition coefficient (Wildman–Crippen LogP) is 4.33. The summed E-state index contributed by atoms with van der Waals surface area (Å²) in [6, 6.07) is 21.2. The summed E-state index contributed by atoms with van der Waals surface area (Å²) in [5.41, 5.74) is 1.35. The van der Waals surface area contributed by atoms with Crippen LogP contribution in [0.5, 0.6) is 11.5 Å². The molecule has 0 aliphatic heterocycles. The van der Waals surface area contributed by atoms with Crippen molar-refractivity contribution in [2.24, 2.45) is 0 Å². The van der Waals surface area contributed by atoms with E-state index in [2.05, 4.69) is 17.4 Å². The number of methoxy groups -OCH3 is 1. The number of furan rings is 1. The van der Waals surface area contributed by atoms with Crippen molar-refractivity contribution < 1.29 is 18.7 Å². The predicted molar refractivity (Wildman–Crippen MR) is 106 cm³/mol. The van der Waals surface area contributed by atoms with Gasteiger partial charge in [-0.15, -0.1) is 0 Å². The minimum Gasteiger partial charge on any atom is -0.493 e. The van der Waals surface area contributed by atoms with Gasteiger partial charge in [0.15, 0.2) is 17.3 Å². The Kier molecular flexibility index (Phi) is 5.06. The molecule has 1 aliphatic rings. The number of carbonyl (C=O) groups excluding carboxylic acids is 1. The van der Waals surface area contributed by atoms with Crippen LogP contribution in [0.25, 0.3) is 0 Å². The van der Waals surface area contributed by atoms with Gasteiger partial charge in [0.2, 0.25) is 0 Å². The Balaban J connectivity index is 1.33. The normalized spacial score (nSPS) is 14.3. The molecule has 3 aromatic rings. The summed E-state index contributed by atoms with van der Waals surface area (Å²) >= 11 is 0. The van der Waals surface area contributed by atoms with Crippen LogP contribution in [0.4, 0.5) is 0 Å². The molecule has 5 nitrogen and oxygen atoms in total. The molecule has 0 radical (unpaired) electrons. The van der Waals surface area contributed by atoms with Crippen molar-refractivity contribution in [3.05, 3.63) is 83.8 Å². The van der Waals surface area contributed by atoms with E-state index >= 15 is 0 Å². The first kappa shape index (κ1) is 18.2. The smallest absolute Gasteiger partial charge is 0.287 e. The Bertz CT molecular complexity index is 944. The molecule has 144 valence electrons. The highest BCUT2D eigenvalue weighted by Gasteiger charge is 2.44. The molecular weight excluding hydrogens is 354 g/mol. The average Bonchev–Trinajstić information content (AvgIpc) is 3.40. The quantitative estimate of drug-likeness (QED) is 0.635. The molecule has 0 bridgehead atoms. The topological polar surface area (TPSA) is 60.7 Å². The Labute approximate surface area is 164 Å². The second-order valence-electron chi connectivity index (χ2n) is 7.03. The molecule has 0 atom stereocenters. The third kappa shape index (κ3) is 3.88. The largest absolute Gasteiger partial charge is 0.493 e. The summed E-state index contributed by atoms with van der Waals surface area (Å²) in [6.45, 7) is 0.838. The molecule has 1 heterocycles. The number of carbonyl (C=O) groups is 1. The zero-order valence-electron chi connectivity index (χ0n) is 15.8. The Morgan fingerprint density at radius 2 is 1.71 bits per heavy atom. The maximum absolute atomic E-state index is 12.5. The van der Waals surface area contributed by atoms with E-state index in [1.165, 1.54) is 5.56 Å². The lowest BCUT2D eigenvalue weighted by molar-refractivity contribution is 0.0917. The SMILES string of the molecule is COc1ccccc1OCc1ccc(C(=O)NCC2(c3ccccc3)CC2)o1. The van der Waals surface area contributed by atoms with E-state index in [-0.39, 0.29) is 17.9 Å². The molecule has 1 fully saturated rings. The van der Waals surface area contributed by atoms with Crippen molar-refractivity contribution in [1.29, 1.82) is 0 Å². The molecule has 0 unspecified atom stereocenters. The van der Waals surface area contributed by atoms with Crippen molar-refractivity contribution in [3.8, 4) is 11.5 Å². The lowest BCUT2D eigenvalue weighted by Crippen LogP contribution is -2.32. The van der Waals surface area contributed by atoms with Gasteiger partial charge >= 0.3 is 0 Å². The van der Waals surface area contributed by atoms with E-state index in [0.717, 1.165) is 12.8 Å². The lowest BCUT2D eigenvalue weighted by Gasteiger charge is -2.16. The van der Waals surface area contributed by atoms with Crippen LogP contribution < -0.4 is 14.8 Å². The van der Waals surface area contributed by atoms with Crippen LogP contribution in [0.1, 0.15) is 34.7 Å². The van der Waals surface area contributed by atoms with Crippen LogP contribution in [0.3, 0.4) is 0 Å². The Hall–Kier alpha value is -3.21.